The zero-order valence-corrected chi connectivity index (χ0v) is 84.5. The number of aryl methyl sites for hydroxylation is 2. The molecule has 2 aromatic rings. The second-order valence-electron chi connectivity index (χ2n) is 37.6. The fourth-order valence-electron chi connectivity index (χ4n) is 17.6. The summed E-state index contributed by atoms with van der Waals surface area (Å²) in [7, 11) is 0. The third-order valence-electron chi connectivity index (χ3n) is 25.6. The van der Waals surface area contributed by atoms with E-state index in [-0.39, 0.29) is 0 Å². The number of hydrogen-bond acceptors (Lipinski definition) is 0. The zero-order valence-electron chi connectivity index (χ0n) is 82.9. The van der Waals surface area contributed by atoms with Gasteiger partial charge in [-0.2, -0.15) is 0 Å². The van der Waals surface area contributed by atoms with E-state index >= 15 is 0 Å². The van der Waals surface area contributed by atoms with E-state index in [4.69, 9.17) is 0 Å². The molecular weight excluding hydrogens is 1550 g/mol. The van der Waals surface area contributed by atoms with Crippen molar-refractivity contribution in [2.75, 3.05) is 0 Å². The number of benzene rings is 2. The van der Waals surface area contributed by atoms with Crippen molar-refractivity contribution in [1.29, 1.82) is 0 Å². The molecule has 0 heterocycles. The third-order valence-corrected chi connectivity index (χ3v) is 27.8. The van der Waals surface area contributed by atoms with E-state index in [2.05, 4.69) is 138 Å². The van der Waals surface area contributed by atoms with Crippen LogP contribution < -0.4 is 0 Å². The molecule has 0 radical (unpaired) electrons. The molecule has 0 atom stereocenters. The minimum atomic E-state index is 0.653. The van der Waals surface area contributed by atoms with Crippen LogP contribution in [0, 0.1) is 35.5 Å². The number of allylic oxidation sites excluding steroid dienone is 2. The number of hydrogen-bond donors (Lipinski definition) is 0. The van der Waals surface area contributed by atoms with Crippen LogP contribution in [0.3, 0.4) is 0 Å². The van der Waals surface area contributed by atoms with E-state index in [1.807, 2.05) is 0 Å². The molecule has 0 amide bonds. The fraction of sp³-hybridized carbons (Fsp3) is 0.814. The van der Waals surface area contributed by atoms with Gasteiger partial charge in [0.25, 0.3) is 0 Å². The van der Waals surface area contributed by atoms with Gasteiger partial charge in [0.1, 0.15) is 0 Å². The second kappa shape index (κ2) is 97.3. The van der Waals surface area contributed by atoms with Crippen molar-refractivity contribution in [1.82, 2.24) is 0 Å². The normalized spacial score (nSPS) is 11.4. The predicted octanol–water partition coefficient (Wildman–Crippen LogP) is 40.9. The Morgan fingerprint density at radius 2 is 0.471 bits per heavy atom. The van der Waals surface area contributed by atoms with E-state index in [9.17, 15) is 5.53 Å². The zero-order chi connectivity index (χ0) is 87.0. The molecule has 0 spiro atoms. The Balaban J connectivity index is 0.00000139. The molecule has 2 aromatic carbocycles. The molecule has 0 saturated carbocycles. The van der Waals surface area contributed by atoms with E-state index in [1.165, 1.54) is 511 Å². The number of nitrogens with zero attached hydrogens (tertiary/aromatic N) is 2. The molecule has 0 N–H and O–H groups in total. The second-order valence-corrected chi connectivity index (χ2v) is 39.9. The van der Waals surface area contributed by atoms with Gasteiger partial charge in [-0.25, -0.2) is 0 Å². The molecule has 2 rings (SSSR count). The van der Waals surface area contributed by atoms with Gasteiger partial charge in [0.2, 0.25) is 0 Å². The molecule has 698 valence electrons. The van der Waals surface area contributed by atoms with Gasteiger partial charge in [0.15, 0.2) is 0 Å². The van der Waals surface area contributed by atoms with Crippen LogP contribution in [0.5, 0.6) is 0 Å². The van der Waals surface area contributed by atoms with Gasteiger partial charge < -0.3 is 5.53 Å². The SMILES string of the molecule is CCCCCCCCCCCC#Cc1cc(C#CCCCCCCCCCCC)cc(C(=C(C#CCCCCCCCCCCCCCCCC)C(=C=[N+]=[N-])CC)c2cc(CCCCCC)cc(CCCCCC)c2)c1.CCCCCCCCCCCCCCCCCCCCC[CH2][Pd][CH2]CCCCCCCCCCCCCCCCCCCCC. The molecule has 121 heavy (non-hydrogen) atoms. The molecule has 0 fully saturated rings. The third kappa shape index (κ3) is 78.7. The van der Waals surface area contributed by atoms with Crippen LogP contribution in [0.4, 0.5) is 0 Å². The topological polar surface area (TPSA) is 36.4 Å². The van der Waals surface area contributed by atoms with Crippen LogP contribution in [0.2, 0.25) is 9.79 Å². The standard InChI is InChI=1S/C74H116N2.2C22H45.Pd/c1-7-13-18-23-26-29-32-33-34-35-36-39-42-45-48-53-58-73(70(12-6)65-76-75)74(71-61-66(54-49-21-16-10-4)59-67(62-71)55-50-22-17-11-5)72-63-68(56-51-46-43-40-37-30-27-24-19-14-8-2)60-69(64-72)57-52-47-44-41-38-31-28-25-20-15-9-3;2*1-3-5-7-9-11-13-15-17-19-21-22-20-18-16-14-12-10-8-6-4-2;/h59-64H,7-50,54-55H2,1-6H3;2*1,3-22H2,2H3;. The van der Waals surface area contributed by atoms with Gasteiger partial charge >= 0.3 is 175 Å². The van der Waals surface area contributed by atoms with Crippen molar-refractivity contribution in [2.24, 2.45) is 0 Å². The van der Waals surface area contributed by atoms with Crippen molar-refractivity contribution < 1.29 is 22.8 Å². The van der Waals surface area contributed by atoms with Crippen molar-refractivity contribution >= 4 is 11.4 Å². The van der Waals surface area contributed by atoms with Crippen LogP contribution in [-0.2, 0) is 30.8 Å². The number of rotatable bonds is 88. The molecule has 0 unspecified atom stereocenters. The summed E-state index contributed by atoms with van der Waals surface area (Å²) < 4.78 is 0. The Kier molecular flexibility index (Phi) is 93.0. The first-order valence-electron chi connectivity index (χ1n) is 54.9. The van der Waals surface area contributed by atoms with Crippen molar-refractivity contribution in [3.63, 3.8) is 0 Å². The summed E-state index contributed by atoms with van der Waals surface area (Å²) in [4.78, 5) is 6.66. The summed E-state index contributed by atoms with van der Waals surface area (Å²) in [6, 6.07) is 14.2. The summed E-state index contributed by atoms with van der Waals surface area (Å²) in [6.07, 6.45) is 117. The van der Waals surface area contributed by atoms with E-state index < -0.39 is 0 Å². The van der Waals surface area contributed by atoms with Gasteiger partial charge in [0.05, 0.1) is 11.1 Å². The average molecular weight is 1760 g/mol. The first kappa shape index (κ1) is 116. The summed E-state index contributed by atoms with van der Waals surface area (Å²) in [6.45, 7) is 18.3. The van der Waals surface area contributed by atoms with Crippen molar-refractivity contribution in [3.05, 3.63) is 86.5 Å². The minimum Gasteiger partial charge on any atom is -0.0654 e. The van der Waals surface area contributed by atoms with Gasteiger partial charge in [-0.1, -0.05) is 449 Å². The Labute approximate surface area is 768 Å². The summed E-state index contributed by atoms with van der Waals surface area (Å²) in [5.74, 6) is 25.0. The number of unbranched alkanes of at least 4 members (excludes halogenated alkanes) is 76. The fourth-order valence-corrected chi connectivity index (χ4v) is 19.5. The molecule has 2 nitrogen and oxygen atoms in total. The quantitative estimate of drug-likeness (QED) is 0.0120. The first-order chi connectivity index (χ1) is 60.0. The van der Waals surface area contributed by atoms with Crippen LogP contribution in [0.1, 0.15) is 628 Å². The Morgan fingerprint density at radius 1 is 0.248 bits per heavy atom. The van der Waals surface area contributed by atoms with Crippen LogP contribution >= 0.6 is 0 Å². The average Bonchev–Trinajstić information content (AvgIpc) is 0.786. The van der Waals surface area contributed by atoms with Crippen molar-refractivity contribution in [3.8, 4) is 35.5 Å². The predicted molar refractivity (Wildman–Crippen MR) is 543 cm³/mol. The summed E-state index contributed by atoms with van der Waals surface area (Å²) >= 11 is 1.06. The smallest absolute Gasteiger partial charge is 0.0654 e. The Morgan fingerprint density at radius 3 is 0.719 bits per heavy atom. The van der Waals surface area contributed by atoms with Gasteiger partial charge in [-0.3, -0.25) is 0 Å². The maximum atomic E-state index is 10.2. The Bertz CT molecular complexity index is 2710. The summed E-state index contributed by atoms with van der Waals surface area (Å²) in [5.41, 5.74) is 20.1. The van der Waals surface area contributed by atoms with Crippen LogP contribution in [0.25, 0.3) is 11.1 Å². The van der Waals surface area contributed by atoms with Crippen LogP contribution in [0.15, 0.2) is 47.5 Å². The van der Waals surface area contributed by atoms with Crippen molar-refractivity contribution in [2.45, 2.75) is 617 Å². The Hall–Kier alpha value is -3.32. The summed E-state index contributed by atoms with van der Waals surface area (Å²) in [5, 5.41) is 0. The molecule has 3 heteroatoms. The van der Waals surface area contributed by atoms with E-state index in [1.54, 1.807) is 9.79 Å². The molecule has 0 aliphatic rings. The molecule has 0 saturated heterocycles. The van der Waals surface area contributed by atoms with Crippen LogP contribution in [-0.4, -0.2) is 10.7 Å². The van der Waals surface area contributed by atoms with Gasteiger partial charge in [-0.05, 0) is 91.8 Å². The monoisotopic (exact) mass is 1760 g/mol. The van der Waals surface area contributed by atoms with Gasteiger partial charge in [0, 0.05) is 36.0 Å². The molecule has 0 aliphatic carbocycles. The molecule has 0 aliphatic heterocycles. The van der Waals surface area contributed by atoms with Gasteiger partial charge in [-0.15, -0.1) is 4.79 Å². The molecule has 0 aromatic heterocycles. The molecular formula is C118H206N2Pd. The minimum absolute atomic E-state index is 0.653. The maximum absolute atomic E-state index is 10.2. The van der Waals surface area contributed by atoms with E-state index in [0.717, 1.165) is 103 Å². The first-order valence-corrected chi connectivity index (χ1v) is 57.1. The van der Waals surface area contributed by atoms with E-state index in [0.29, 0.717) is 6.42 Å². The molecule has 0 bridgehead atoms.